The highest BCUT2D eigenvalue weighted by molar-refractivity contribution is 9.10. The molecule has 1 aromatic heterocycles. The minimum atomic E-state index is -0.395. The molecule has 0 aliphatic heterocycles. The van der Waals surface area contributed by atoms with Gasteiger partial charge in [0.1, 0.15) is 5.52 Å². The topological polar surface area (TPSA) is 52.3 Å². The number of hydrogen-bond donors (Lipinski definition) is 0. The van der Waals surface area contributed by atoms with Crippen molar-refractivity contribution in [3.05, 3.63) is 52.5 Å². The number of carbonyl (C=O) groups is 1. The van der Waals surface area contributed by atoms with Crippen LogP contribution in [-0.4, -0.2) is 18.1 Å². The second-order valence-electron chi connectivity index (χ2n) is 4.20. The Hall–Kier alpha value is -2.14. The molecular weight excluding hydrogens is 322 g/mol. The molecule has 3 aromatic rings. The van der Waals surface area contributed by atoms with Crippen molar-refractivity contribution in [2.24, 2.45) is 0 Å². The Morgan fingerprint density at radius 1 is 1.20 bits per heavy atom. The molecule has 5 heteroatoms. The van der Waals surface area contributed by atoms with E-state index in [1.807, 2.05) is 24.3 Å². The summed E-state index contributed by atoms with van der Waals surface area (Å²) in [6.07, 6.45) is 0. The van der Waals surface area contributed by atoms with E-state index in [0.29, 0.717) is 22.6 Å². The van der Waals surface area contributed by atoms with Gasteiger partial charge in [-0.05, 0) is 42.5 Å². The molecule has 0 aliphatic carbocycles. The Labute approximate surface area is 123 Å². The van der Waals surface area contributed by atoms with E-state index in [1.165, 1.54) is 7.11 Å². The Kier molecular flexibility index (Phi) is 3.28. The lowest BCUT2D eigenvalue weighted by Gasteiger charge is -1.97. The number of esters is 1. The van der Waals surface area contributed by atoms with Gasteiger partial charge in [0.05, 0.1) is 12.7 Å². The van der Waals surface area contributed by atoms with Gasteiger partial charge in [-0.1, -0.05) is 15.9 Å². The first-order chi connectivity index (χ1) is 9.67. The molecule has 0 radical (unpaired) electrons. The molecule has 0 saturated heterocycles. The number of nitrogens with zero attached hydrogens (tertiary/aromatic N) is 1. The maximum atomic E-state index is 11.5. The predicted octanol–water partition coefficient (Wildman–Crippen LogP) is 4.04. The summed E-state index contributed by atoms with van der Waals surface area (Å²) in [6, 6.07) is 12.7. The molecule has 0 aliphatic rings. The van der Waals surface area contributed by atoms with Crippen molar-refractivity contribution in [3.8, 4) is 11.5 Å². The van der Waals surface area contributed by atoms with Crippen LogP contribution in [0.3, 0.4) is 0 Å². The molecule has 1 heterocycles. The molecule has 3 rings (SSSR count). The third kappa shape index (κ3) is 2.32. The number of benzene rings is 2. The summed E-state index contributed by atoms with van der Waals surface area (Å²) in [4.78, 5) is 15.9. The molecule has 20 heavy (non-hydrogen) atoms. The lowest BCUT2D eigenvalue weighted by Crippen LogP contribution is -2.00. The lowest BCUT2D eigenvalue weighted by atomic mass is 10.2. The largest absolute Gasteiger partial charge is 0.465 e. The maximum absolute atomic E-state index is 11.5. The van der Waals surface area contributed by atoms with Crippen LogP contribution in [0.15, 0.2) is 51.4 Å². The van der Waals surface area contributed by atoms with E-state index < -0.39 is 5.97 Å². The fourth-order valence-electron chi connectivity index (χ4n) is 1.89. The maximum Gasteiger partial charge on any atom is 0.337 e. The Morgan fingerprint density at radius 2 is 1.95 bits per heavy atom. The SMILES string of the molecule is COC(=O)c1ccc2nc(-c3ccc(Br)cc3)oc2c1. The molecule has 0 N–H and O–H groups in total. The van der Waals surface area contributed by atoms with Crippen LogP contribution in [0.5, 0.6) is 0 Å². The summed E-state index contributed by atoms with van der Waals surface area (Å²) < 4.78 is 11.4. The van der Waals surface area contributed by atoms with Gasteiger partial charge >= 0.3 is 5.97 Å². The van der Waals surface area contributed by atoms with Gasteiger partial charge in [-0.15, -0.1) is 0 Å². The quantitative estimate of drug-likeness (QED) is 0.665. The molecule has 4 nitrogen and oxygen atoms in total. The summed E-state index contributed by atoms with van der Waals surface area (Å²) >= 11 is 3.38. The molecule has 0 saturated carbocycles. The van der Waals surface area contributed by atoms with Gasteiger partial charge in [-0.3, -0.25) is 0 Å². The van der Waals surface area contributed by atoms with Crippen LogP contribution in [0.4, 0.5) is 0 Å². The van der Waals surface area contributed by atoms with E-state index in [9.17, 15) is 4.79 Å². The first-order valence-electron chi connectivity index (χ1n) is 5.92. The zero-order valence-electron chi connectivity index (χ0n) is 10.6. The average Bonchev–Trinajstić information content (AvgIpc) is 2.90. The lowest BCUT2D eigenvalue weighted by molar-refractivity contribution is 0.0601. The molecule has 0 fully saturated rings. The zero-order chi connectivity index (χ0) is 14.1. The van der Waals surface area contributed by atoms with Crippen molar-refractivity contribution >= 4 is 33.0 Å². The number of rotatable bonds is 2. The van der Waals surface area contributed by atoms with Crippen LogP contribution >= 0.6 is 15.9 Å². The summed E-state index contributed by atoms with van der Waals surface area (Å²) in [6.45, 7) is 0. The van der Waals surface area contributed by atoms with Crippen LogP contribution in [0, 0.1) is 0 Å². The van der Waals surface area contributed by atoms with Crippen molar-refractivity contribution in [3.63, 3.8) is 0 Å². The number of ether oxygens (including phenoxy) is 1. The van der Waals surface area contributed by atoms with Gasteiger partial charge in [-0.25, -0.2) is 9.78 Å². The van der Waals surface area contributed by atoms with Gasteiger partial charge in [0.15, 0.2) is 5.58 Å². The van der Waals surface area contributed by atoms with Gasteiger partial charge in [0.2, 0.25) is 5.89 Å². The van der Waals surface area contributed by atoms with Crippen molar-refractivity contribution in [2.75, 3.05) is 7.11 Å². The third-order valence-corrected chi connectivity index (χ3v) is 3.43. The molecule has 0 amide bonds. The van der Waals surface area contributed by atoms with Gasteiger partial charge in [0.25, 0.3) is 0 Å². The molecular formula is C15H10BrNO3. The van der Waals surface area contributed by atoms with Crippen LogP contribution in [-0.2, 0) is 4.74 Å². The highest BCUT2D eigenvalue weighted by Crippen LogP contribution is 2.26. The van der Waals surface area contributed by atoms with Crippen LogP contribution in [0.1, 0.15) is 10.4 Å². The molecule has 100 valence electrons. The minimum Gasteiger partial charge on any atom is -0.465 e. The van der Waals surface area contributed by atoms with Crippen LogP contribution < -0.4 is 0 Å². The fourth-order valence-corrected chi connectivity index (χ4v) is 2.15. The van der Waals surface area contributed by atoms with E-state index in [4.69, 9.17) is 4.42 Å². The highest BCUT2D eigenvalue weighted by atomic mass is 79.9. The van der Waals surface area contributed by atoms with E-state index in [0.717, 1.165) is 10.0 Å². The summed E-state index contributed by atoms with van der Waals surface area (Å²) in [7, 11) is 1.35. The Balaban J connectivity index is 2.06. The monoisotopic (exact) mass is 331 g/mol. The van der Waals surface area contributed by atoms with Crippen LogP contribution in [0.25, 0.3) is 22.6 Å². The molecule has 0 unspecified atom stereocenters. The van der Waals surface area contributed by atoms with E-state index in [2.05, 4.69) is 25.7 Å². The second-order valence-corrected chi connectivity index (χ2v) is 5.12. The fraction of sp³-hybridized carbons (Fsp3) is 0.0667. The van der Waals surface area contributed by atoms with Crippen LogP contribution in [0.2, 0.25) is 0 Å². The number of carbonyl (C=O) groups excluding carboxylic acids is 1. The molecule has 0 atom stereocenters. The first-order valence-corrected chi connectivity index (χ1v) is 6.71. The van der Waals surface area contributed by atoms with Crippen molar-refractivity contribution in [1.82, 2.24) is 4.98 Å². The van der Waals surface area contributed by atoms with E-state index in [-0.39, 0.29) is 0 Å². The van der Waals surface area contributed by atoms with Crippen molar-refractivity contribution < 1.29 is 13.9 Å². The summed E-state index contributed by atoms with van der Waals surface area (Å²) in [5, 5.41) is 0. The standard InChI is InChI=1S/C15H10BrNO3/c1-19-15(18)10-4-7-12-13(8-10)20-14(17-12)9-2-5-11(16)6-3-9/h2-8H,1H3. The third-order valence-electron chi connectivity index (χ3n) is 2.90. The molecule has 0 spiro atoms. The summed E-state index contributed by atoms with van der Waals surface area (Å²) in [5.74, 6) is 0.128. The van der Waals surface area contributed by atoms with Gasteiger partial charge < -0.3 is 9.15 Å². The van der Waals surface area contributed by atoms with Gasteiger partial charge in [-0.2, -0.15) is 0 Å². The summed E-state index contributed by atoms with van der Waals surface area (Å²) in [5.41, 5.74) is 2.59. The second kappa shape index (κ2) is 5.09. The van der Waals surface area contributed by atoms with Gasteiger partial charge in [0, 0.05) is 10.0 Å². The number of methoxy groups -OCH3 is 1. The van der Waals surface area contributed by atoms with E-state index >= 15 is 0 Å². The predicted molar refractivity (Wildman–Crippen MR) is 78.5 cm³/mol. The number of oxazole rings is 1. The normalized spacial score (nSPS) is 10.7. The number of halogens is 1. The number of aromatic nitrogens is 1. The number of hydrogen-bond acceptors (Lipinski definition) is 4. The smallest absolute Gasteiger partial charge is 0.337 e. The average molecular weight is 332 g/mol. The highest BCUT2D eigenvalue weighted by Gasteiger charge is 2.11. The molecule has 0 bridgehead atoms. The number of fused-ring (bicyclic) bond motifs is 1. The first kappa shape index (κ1) is 12.9. The molecule has 2 aromatic carbocycles. The Morgan fingerprint density at radius 3 is 2.65 bits per heavy atom. The Bertz CT molecular complexity index is 777. The van der Waals surface area contributed by atoms with Crippen molar-refractivity contribution in [2.45, 2.75) is 0 Å². The zero-order valence-corrected chi connectivity index (χ0v) is 12.2. The van der Waals surface area contributed by atoms with E-state index in [1.54, 1.807) is 18.2 Å². The van der Waals surface area contributed by atoms with Crippen molar-refractivity contribution in [1.29, 1.82) is 0 Å². The minimum absolute atomic E-state index is 0.395.